The van der Waals surface area contributed by atoms with E-state index in [1.807, 2.05) is 25.1 Å². The van der Waals surface area contributed by atoms with Gasteiger partial charge in [0.1, 0.15) is 0 Å². The van der Waals surface area contributed by atoms with Gasteiger partial charge in [0.05, 0.1) is 5.92 Å². The number of aliphatic carboxylic acids is 1. The Bertz CT molecular complexity index is 443. The molecule has 0 aliphatic heterocycles. The Morgan fingerprint density at radius 2 is 2.11 bits per heavy atom. The van der Waals surface area contributed by atoms with Gasteiger partial charge in [-0.2, -0.15) is 0 Å². The molecule has 0 saturated heterocycles. The molecule has 0 spiro atoms. The highest BCUT2D eigenvalue weighted by atomic mass is 16.4. The van der Waals surface area contributed by atoms with Crippen LogP contribution in [0.4, 0.5) is 0 Å². The first kappa shape index (κ1) is 15.2. The van der Waals surface area contributed by atoms with E-state index in [2.05, 4.69) is 11.4 Å². The molecule has 1 amide bonds. The zero-order valence-electron chi connectivity index (χ0n) is 11.5. The molecule has 0 saturated carbocycles. The first-order valence-electron chi connectivity index (χ1n) is 6.54. The van der Waals surface area contributed by atoms with Crippen LogP contribution < -0.4 is 5.32 Å². The molecule has 0 bridgehead atoms. The normalized spacial score (nSPS) is 11.9. The number of aryl methyl sites for hydroxylation is 2. The van der Waals surface area contributed by atoms with E-state index in [1.54, 1.807) is 6.92 Å². The second kappa shape index (κ2) is 7.56. The number of hydrogen-bond donors (Lipinski definition) is 2. The first-order valence-corrected chi connectivity index (χ1v) is 6.54. The summed E-state index contributed by atoms with van der Waals surface area (Å²) in [5.74, 6) is -1.27. The summed E-state index contributed by atoms with van der Waals surface area (Å²) in [7, 11) is 0. The maximum atomic E-state index is 11.6. The van der Waals surface area contributed by atoms with Crippen LogP contribution in [0.3, 0.4) is 0 Å². The Morgan fingerprint density at radius 1 is 1.37 bits per heavy atom. The number of amides is 1. The van der Waals surface area contributed by atoms with Crippen LogP contribution in [-0.4, -0.2) is 23.5 Å². The van der Waals surface area contributed by atoms with Crippen molar-refractivity contribution in [2.45, 2.75) is 33.1 Å². The Hall–Kier alpha value is -1.84. The third-order valence-electron chi connectivity index (χ3n) is 3.04. The van der Waals surface area contributed by atoms with Crippen molar-refractivity contribution in [1.82, 2.24) is 5.32 Å². The monoisotopic (exact) mass is 263 g/mol. The number of carboxylic acid groups (broad SMARTS) is 1. The van der Waals surface area contributed by atoms with Gasteiger partial charge in [0.15, 0.2) is 0 Å². The zero-order valence-corrected chi connectivity index (χ0v) is 11.5. The molecule has 0 aliphatic rings. The summed E-state index contributed by atoms with van der Waals surface area (Å²) in [5, 5.41) is 11.5. The minimum atomic E-state index is -0.825. The minimum Gasteiger partial charge on any atom is -0.481 e. The molecule has 0 aliphatic carbocycles. The average Bonchev–Trinajstić information content (AvgIpc) is 2.36. The van der Waals surface area contributed by atoms with Crippen LogP contribution in [0.15, 0.2) is 24.3 Å². The molecule has 0 aromatic heterocycles. The molecule has 2 N–H and O–H groups in total. The molecule has 1 aromatic carbocycles. The van der Waals surface area contributed by atoms with E-state index in [-0.39, 0.29) is 5.91 Å². The lowest BCUT2D eigenvalue weighted by molar-refractivity contribution is -0.141. The van der Waals surface area contributed by atoms with Gasteiger partial charge in [-0.25, -0.2) is 0 Å². The highest BCUT2D eigenvalue weighted by Gasteiger charge is 2.10. The summed E-state index contributed by atoms with van der Waals surface area (Å²) >= 11 is 0. The van der Waals surface area contributed by atoms with E-state index < -0.39 is 11.9 Å². The fourth-order valence-corrected chi connectivity index (χ4v) is 1.77. The van der Waals surface area contributed by atoms with Crippen LogP contribution in [0, 0.1) is 12.8 Å². The van der Waals surface area contributed by atoms with E-state index >= 15 is 0 Å². The molecule has 0 radical (unpaired) electrons. The Balaban J connectivity index is 2.23. The third-order valence-corrected chi connectivity index (χ3v) is 3.04. The summed E-state index contributed by atoms with van der Waals surface area (Å²) in [6.07, 6.45) is 1.61. The lowest BCUT2D eigenvalue weighted by Crippen LogP contribution is -2.27. The molecule has 1 atom stereocenters. The summed E-state index contributed by atoms with van der Waals surface area (Å²) in [6, 6.07) is 8.08. The molecule has 1 rings (SSSR count). The van der Waals surface area contributed by atoms with Crippen molar-refractivity contribution < 1.29 is 14.7 Å². The van der Waals surface area contributed by atoms with Gasteiger partial charge >= 0.3 is 5.97 Å². The van der Waals surface area contributed by atoms with Crippen molar-refractivity contribution in [1.29, 1.82) is 0 Å². The van der Waals surface area contributed by atoms with Crippen LogP contribution in [0.25, 0.3) is 0 Å². The Kier molecular flexibility index (Phi) is 6.06. The van der Waals surface area contributed by atoms with E-state index in [0.717, 1.165) is 5.56 Å². The number of nitrogens with one attached hydrogen (secondary N) is 1. The molecule has 104 valence electrons. The van der Waals surface area contributed by atoms with Gasteiger partial charge in [0, 0.05) is 13.0 Å². The van der Waals surface area contributed by atoms with Gasteiger partial charge < -0.3 is 10.4 Å². The standard InChI is InChI=1S/C15H21NO3/c1-11-4-3-5-13(10-11)6-7-14(17)16-9-8-12(2)15(18)19/h3-5,10,12H,6-9H2,1-2H3,(H,16,17)(H,18,19). The van der Waals surface area contributed by atoms with Crippen LogP contribution in [0.1, 0.15) is 30.9 Å². The number of benzene rings is 1. The lowest BCUT2D eigenvalue weighted by Gasteiger charge is -2.08. The van der Waals surface area contributed by atoms with Crippen molar-refractivity contribution in [3.63, 3.8) is 0 Å². The first-order chi connectivity index (χ1) is 8.99. The zero-order chi connectivity index (χ0) is 14.3. The summed E-state index contributed by atoms with van der Waals surface area (Å²) in [5.41, 5.74) is 2.34. The molecular formula is C15H21NO3. The Labute approximate surface area is 113 Å². The van der Waals surface area contributed by atoms with Gasteiger partial charge in [0.25, 0.3) is 0 Å². The third kappa shape index (κ3) is 6.04. The topological polar surface area (TPSA) is 66.4 Å². The quantitative estimate of drug-likeness (QED) is 0.792. The smallest absolute Gasteiger partial charge is 0.306 e. The fourth-order valence-electron chi connectivity index (χ4n) is 1.77. The number of carbonyl (C=O) groups is 2. The van der Waals surface area contributed by atoms with Crippen molar-refractivity contribution in [2.75, 3.05) is 6.54 Å². The second-order valence-corrected chi connectivity index (χ2v) is 4.87. The van der Waals surface area contributed by atoms with Crippen LogP contribution >= 0.6 is 0 Å². The van der Waals surface area contributed by atoms with Crippen LogP contribution in [0.2, 0.25) is 0 Å². The molecule has 0 fully saturated rings. The molecule has 19 heavy (non-hydrogen) atoms. The SMILES string of the molecule is Cc1cccc(CCC(=O)NCCC(C)C(=O)O)c1. The molecule has 1 aromatic rings. The predicted molar refractivity (Wildman–Crippen MR) is 73.9 cm³/mol. The van der Waals surface area contributed by atoms with Crippen molar-refractivity contribution in [3.8, 4) is 0 Å². The molecule has 4 nitrogen and oxygen atoms in total. The number of hydrogen-bond acceptors (Lipinski definition) is 2. The molecule has 0 heterocycles. The van der Waals surface area contributed by atoms with Gasteiger partial charge in [-0.05, 0) is 25.3 Å². The fraction of sp³-hybridized carbons (Fsp3) is 0.467. The summed E-state index contributed by atoms with van der Waals surface area (Å²) in [6.45, 7) is 4.08. The summed E-state index contributed by atoms with van der Waals surface area (Å²) < 4.78 is 0. The maximum Gasteiger partial charge on any atom is 0.306 e. The van der Waals surface area contributed by atoms with Crippen molar-refractivity contribution in [2.24, 2.45) is 5.92 Å². The van der Waals surface area contributed by atoms with Gasteiger partial charge in [0.2, 0.25) is 5.91 Å². The van der Waals surface area contributed by atoms with Crippen molar-refractivity contribution >= 4 is 11.9 Å². The molecule has 1 unspecified atom stereocenters. The second-order valence-electron chi connectivity index (χ2n) is 4.87. The molecular weight excluding hydrogens is 242 g/mol. The van der Waals surface area contributed by atoms with Gasteiger partial charge in [-0.1, -0.05) is 36.8 Å². The minimum absolute atomic E-state index is 0.0286. The van der Waals surface area contributed by atoms with Gasteiger partial charge in [-0.15, -0.1) is 0 Å². The van der Waals surface area contributed by atoms with E-state index in [4.69, 9.17) is 5.11 Å². The highest BCUT2D eigenvalue weighted by Crippen LogP contribution is 2.06. The number of rotatable bonds is 7. The summed E-state index contributed by atoms with van der Waals surface area (Å²) in [4.78, 5) is 22.2. The van der Waals surface area contributed by atoms with E-state index in [9.17, 15) is 9.59 Å². The lowest BCUT2D eigenvalue weighted by atomic mass is 10.1. The predicted octanol–water partition coefficient (Wildman–Crippen LogP) is 2.15. The van der Waals surface area contributed by atoms with Crippen molar-refractivity contribution in [3.05, 3.63) is 35.4 Å². The van der Waals surface area contributed by atoms with Gasteiger partial charge in [-0.3, -0.25) is 9.59 Å². The molecule has 4 heteroatoms. The maximum absolute atomic E-state index is 11.6. The van der Waals surface area contributed by atoms with E-state index in [0.29, 0.717) is 25.8 Å². The van der Waals surface area contributed by atoms with Crippen LogP contribution in [0.5, 0.6) is 0 Å². The Morgan fingerprint density at radius 3 is 2.74 bits per heavy atom. The van der Waals surface area contributed by atoms with E-state index in [1.165, 1.54) is 5.56 Å². The largest absolute Gasteiger partial charge is 0.481 e. The number of carboxylic acids is 1. The highest BCUT2D eigenvalue weighted by molar-refractivity contribution is 5.76. The van der Waals surface area contributed by atoms with Crippen LogP contribution in [-0.2, 0) is 16.0 Å². The average molecular weight is 263 g/mol. The number of carbonyl (C=O) groups excluding carboxylic acids is 1.